The van der Waals surface area contributed by atoms with Gasteiger partial charge >= 0.3 is 17.0 Å². The van der Waals surface area contributed by atoms with Crippen molar-refractivity contribution >= 4 is 23.2 Å². The molecule has 0 aliphatic carbocycles. The molecule has 210 valence electrons. The fourth-order valence-electron chi connectivity index (χ4n) is 5.31. The maximum absolute atomic E-state index is 5.92. The van der Waals surface area contributed by atoms with Crippen molar-refractivity contribution in [3.63, 3.8) is 0 Å². The van der Waals surface area contributed by atoms with E-state index in [4.69, 9.17) is 14.2 Å². The molecule has 0 saturated carbocycles. The lowest BCUT2D eigenvalue weighted by molar-refractivity contribution is -0.00000882. The zero-order valence-electron chi connectivity index (χ0n) is 23.8. The molecule has 5 heteroatoms. The molecule has 0 aliphatic rings. The van der Waals surface area contributed by atoms with Crippen LogP contribution in [0.3, 0.4) is 0 Å². The molecule has 0 saturated heterocycles. The normalized spacial score (nSPS) is 10.9. The van der Waals surface area contributed by atoms with E-state index in [1.54, 1.807) is 14.2 Å². The molecule has 40 heavy (non-hydrogen) atoms. The Morgan fingerprint density at radius 3 is 1.43 bits per heavy atom. The number of rotatable bonds is 16. The van der Waals surface area contributed by atoms with Gasteiger partial charge in [0.15, 0.2) is 11.5 Å². The molecule has 0 fully saturated rings. The highest BCUT2D eigenvalue weighted by molar-refractivity contribution is 7.95. The third-order valence-corrected chi connectivity index (χ3v) is 11.9. The number of hydrogen-bond donors (Lipinski definition) is 0. The van der Waals surface area contributed by atoms with Crippen molar-refractivity contribution in [3.05, 3.63) is 109 Å². The van der Waals surface area contributed by atoms with Crippen LogP contribution in [0.2, 0.25) is 0 Å². The minimum atomic E-state index is -1.70. The predicted octanol–water partition coefficient (Wildman–Crippen LogP) is 7.81. The number of ether oxygens (including phenoxy) is 3. The van der Waals surface area contributed by atoms with Crippen molar-refractivity contribution < 1.29 is 31.2 Å². The Hall–Kier alpha value is -2.81. The van der Waals surface area contributed by atoms with Crippen LogP contribution in [0.15, 0.2) is 109 Å². The number of hydrogen-bond acceptors (Lipinski definition) is 3. The lowest BCUT2D eigenvalue weighted by atomic mass is 10.1. The molecule has 0 unspecified atom stereocenters. The van der Waals surface area contributed by atoms with Crippen LogP contribution in [-0.2, 0) is 0 Å². The van der Waals surface area contributed by atoms with Gasteiger partial charge in [0.1, 0.15) is 28.9 Å². The fraction of sp³-hybridized carbons (Fsp3) is 0.314. The summed E-state index contributed by atoms with van der Waals surface area (Å²) in [5.41, 5.74) is 0. The van der Waals surface area contributed by atoms with E-state index in [0.29, 0.717) is 5.75 Å². The number of unbranched alkanes of at least 4 members (excludes halogenated alkanes) is 6. The summed E-state index contributed by atoms with van der Waals surface area (Å²) in [7, 11) is 1.59. The monoisotopic (exact) mass is 620 g/mol. The van der Waals surface area contributed by atoms with Gasteiger partial charge < -0.3 is 14.2 Å². The van der Waals surface area contributed by atoms with Crippen molar-refractivity contribution in [3.8, 4) is 17.2 Å². The summed E-state index contributed by atoms with van der Waals surface area (Å²) in [6, 6.07) is 39.4. The summed E-state index contributed by atoms with van der Waals surface area (Å²) < 4.78 is 16.6. The van der Waals surface area contributed by atoms with E-state index in [1.807, 2.05) is 18.2 Å². The molecule has 0 amide bonds. The highest BCUT2D eigenvalue weighted by Crippen LogP contribution is 2.56. The highest BCUT2D eigenvalue weighted by atomic mass is 79.9. The second-order valence-corrected chi connectivity index (χ2v) is 13.5. The molecular weight excluding hydrogens is 579 g/mol. The SMILES string of the molecule is COc1ccc(OCCCCCCCCC[P+](c2ccccc2)(c2ccccc2)c2ccccc2)cc1OC.[Br+]. The molecule has 0 aliphatic heterocycles. The Bertz CT molecular complexity index is 1140. The molecule has 0 bridgehead atoms. The van der Waals surface area contributed by atoms with Crippen LogP contribution in [0.4, 0.5) is 0 Å². The van der Waals surface area contributed by atoms with E-state index in [-0.39, 0.29) is 17.0 Å². The molecule has 0 aromatic heterocycles. The number of methoxy groups -OCH3 is 2. The Kier molecular flexibility index (Phi) is 13.6. The Morgan fingerprint density at radius 2 is 0.950 bits per heavy atom. The van der Waals surface area contributed by atoms with E-state index in [2.05, 4.69) is 91.0 Å². The molecular formula is C35H42BrO3P+2. The van der Waals surface area contributed by atoms with Gasteiger partial charge in [-0.2, -0.15) is 0 Å². The predicted molar refractivity (Wildman–Crippen MR) is 167 cm³/mol. The zero-order chi connectivity index (χ0) is 27.2. The average Bonchev–Trinajstić information content (AvgIpc) is 3.01. The van der Waals surface area contributed by atoms with Crippen molar-refractivity contribution in [1.29, 1.82) is 0 Å². The Labute approximate surface area is 252 Å². The topological polar surface area (TPSA) is 27.7 Å². The zero-order valence-corrected chi connectivity index (χ0v) is 26.3. The van der Waals surface area contributed by atoms with E-state index >= 15 is 0 Å². The first-order chi connectivity index (χ1) is 19.3. The van der Waals surface area contributed by atoms with E-state index in [9.17, 15) is 0 Å². The summed E-state index contributed by atoms with van der Waals surface area (Å²) in [5, 5.41) is 4.45. The van der Waals surface area contributed by atoms with Crippen LogP contribution in [0, 0.1) is 17.0 Å². The first-order valence-corrected chi connectivity index (χ1v) is 16.1. The van der Waals surface area contributed by atoms with E-state index < -0.39 is 7.26 Å². The van der Waals surface area contributed by atoms with Crippen molar-refractivity contribution in [2.24, 2.45) is 0 Å². The lowest BCUT2D eigenvalue weighted by Crippen LogP contribution is -2.33. The minimum Gasteiger partial charge on any atom is -0.493 e. The number of halogens is 1. The van der Waals surface area contributed by atoms with Crippen molar-refractivity contribution in [2.75, 3.05) is 27.0 Å². The summed E-state index contributed by atoms with van der Waals surface area (Å²) in [6.07, 6.45) is 9.82. The van der Waals surface area contributed by atoms with Crippen LogP contribution in [-0.4, -0.2) is 27.0 Å². The Morgan fingerprint density at radius 1 is 0.500 bits per heavy atom. The second kappa shape index (κ2) is 17.1. The lowest BCUT2D eigenvalue weighted by Gasteiger charge is -2.27. The molecule has 3 nitrogen and oxygen atoms in total. The molecule has 0 atom stereocenters. The molecule has 4 aromatic rings. The maximum atomic E-state index is 5.92. The molecule has 2 radical (unpaired) electrons. The van der Waals surface area contributed by atoms with Crippen LogP contribution in [0.5, 0.6) is 17.2 Å². The van der Waals surface area contributed by atoms with Crippen LogP contribution in [0.1, 0.15) is 44.9 Å². The molecule has 0 spiro atoms. The van der Waals surface area contributed by atoms with Crippen LogP contribution < -0.4 is 30.1 Å². The minimum absolute atomic E-state index is 0. The highest BCUT2D eigenvalue weighted by Gasteiger charge is 2.44. The summed E-state index contributed by atoms with van der Waals surface area (Å²) in [5.74, 6) is 2.25. The van der Waals surface area contributed by atoms with Gasteiger partial charge in [-0.1, -0.05) is 80.3 Å². The quantitative estimate of drug-likeness (QED) is 0.0944. The van der Waals surface area contributed by atoms with Crippen LogP contribution >= 0.6 is 7.26 Å². The van der Waals surface area contributed by atoms with Gasteiger partial charge in [-0.05, 0) is 67.8 Å². The van der Waals surface area contributed by atoms with Gasteiger partial charge in [-0.15, -0.1) is 0 Å². The molecule has 0 N–H and O–H groups in total. The van der Waals surface area contributed by atoms with Crippen molar-refractivity contribution in [1.82, 2.24) is 0 Å². The van der Waals surface area contributed by atoms with E-state index in [0.717, 1.165) is 24.5 Å². The van der Waals surface area contributed by atoms with Gasteiger partial charge in [0.2, 0.25) is 0 Å². The molecule has 0 heterocycles. The summed E-state index contributed by atoms with van der Waals surface area (Å²) in [4.78, 5) is 0. The second-order valence-electron chi connectivity index (χ2n) is 9.88. The first kappa shape index (κ1) is 31.7. The smallest absolute Gasteiger partial charge is 0.493 e. The Balaban J connectivity index is 0.00000441. The van der Waals surface area contributed by atoms with Gasteiger partial charge in [-0.25, -0.2) is 0 Å². The first-order valence-electron chi connectivity index (χ1n) is 14.2. The standard InChI is InChI=1S/C35H42O3P.Br/c1-36-34-26-25-30(29-35(34)37-2)38-27-17-6-4-3-5-7-18-28-39(31-19-11-8-12-20-31,32-21-13-9-14-22-32)33-23-15-10-16-24-33;/h8-16,19-26,29H,3-7,17-18,27-28H2,1-2H3;/q2*+1. The summed E-state index contributed by atoms with van der Waals surface area (Å²) >= 11 is 0. The molecule has 4 rings (SSSR count). The maximum Gasteiger partial charge on any atom is 1.00 e. The van der Waals surface area contributed by atoms with Gasteiger partial charge in [0, 0.05) is 6.07 Å². The van der Waals surface area contributed by atoms with Crippen molar-refractivity contribution in [2.45, 2.75) is 44.9 Å². The molecule has 4 aromatic carbocycles. The van der Waals surface area contributed by atoms with Gasteiger partial charge in [0.25, 0.3) is 0 Å². The average molecular weight is 622 g/mol. The van der Waals surface area contributed by atoms with Crippen LogP contribution in [0.25, 0.3) is 0 Å². The van der Waals surface area contributed by atoms with Gasteiger partial charge in [-0.3, -0.25) is 0 Å². The summed E-state index contributed by atoms with van der Waals surface area (Å²) in [6.45, 7) is 0.730. The largest absolute Gasteiger partial charge is 1.00 e. The third-order valence-electron chi connectivity index (χ3n) is 7.35. The number of benzene rings is 4. The fourth-order valence-corrected chi connectivity index (χ4v) is 9.72. The van der Waals surface area contributed by atoms with Gasteiger partial charge in [0.05, 0.1) is 27.0 Å². The third kappa shape index (κ3) is 8.35. The van der Waals surface area contributed by atoms with E-state index in [1.165, 1.54) is 60.6 Å².